The number of ether oxygens (including phenoxy) is 1. The van der Waals surface area contributed by atoms with Crippen molar-refractivity contribution in [1.29, 1.82) is 0 Å². The van der Waals surface area contributed by atoms with E-state index < -0.39 is 0 Å². The van der Waals surface area contributed by atoms with Gasteiger partial charge >= 0.3 is 5.97 Å². The lowest BCUT2D eigenvalue weighted by Gasteiger charge is -2.20. The number of hydrogen-bond acceptors (Lipinski definition) is 6. The number of para-hydroxylation sites is 1. The highest BCUT2D eigenvalue weighted by Gasteiger charge is 2.13. The molecule has 1 N–H and O–H groups in total. The number of carbonyl (C=O) groups excluding carboxylic acids is 1. The molecule has 0 radical (unpaired) electrons. The van der Waals surface area contributed by atoms with Gasteiger partial charge in [0.1, 0.15) is 5.82 Å². The minimum absolute atomic E-state index is 0.334. The number of hydrogen-bond donors (Lipinski definition) is 1. The molecule has 2 aromatic rings. The molecule has 0 saturated heterocycles. The molecule has 0 aliphatic heterocycles. The summed E-state index contributed by atoms with van der Waals surface area (Å²) in [4.78, 5) is 22.9. The van der Waals surface area contributed by atoms with Crippen LogP contribution in [0.5, 0.6) is 0 Å². The number of carbonyl (C=O) groups is 1. The highest BCUT2D eigenvalue weighted by molar-refractivity contribution is 5.96. The predicted molar refractivity (Wildman–Crippen MR) is 91.3 cm³/mol. The molecule has 0 unspecified atom stereocenters. The van der Waals surface area contributed by atoms with Crippen LogP contribution in [0.25, 0.3) is 0 Å². The molecule has 6 heteroatoms. The molecule has 122 valence electrons. The molecule has 0 spiro atoms. The highest BCUT2D eigenvalue weighted by Crippen LogP contribution is 2.21. The Morgan fingerprint density at radius 3 is 2.61 bits per heavy atom. The molecule has 0 aliphatic rings. The monoisotopic (exact) mass is 314 g/mol. The average molecular weight is 314 g/mol. The van der Waals surface area contributed by atoms with Crippen LogP contribution < -0.4 is 10.2 Å². The number of nitrogens with one attached hydrogen (secondary N) is 1. The van der Waals surface area contributed by atoms with Gasteiger partial charge in [-0.1, -0.05) is 12.1 Å². The van der Waals surface area contributed by atoms with Crippen LogP contribution in [0.4, 0.5) is 17.5 Å². The summed E-state index contributed by atoms with van der Waals surface area (Å²) in [5.41, 5.74) is 1.09. The van der Waals surface area contributed by atoms with Gasteiger partial charge in [-0.25, -0.2) is 9.78 Å². The minimum Gasteiger partial charge on any atom is -0.462 e. The molecule has 0 atom stereocenters. The van der Waals surface area contributed by atoms with Crippen molar-refractivity contribution in [3.8, 4) is 0 Å². The number of rotatable bonds is 7. The fraction of sp³-hybridized carbons (Fsp3) is 0.353. The first-order valence-corrected chi connectivity index (χ1v) is 7.80. The van der Waals surface area contributed by atoms with Gasteiger partial charge in [-0.3, -0.25) is 0 Å². The maximum Gasteiger partial charge on any atom is 0.340 e. The molecule has 0 fully saturated rings. The van der Waals surface area contributed by atoms with Crippen molar-refractivity contribution in [3.63, 3.8) is 0 Å². The van der Waals surface area contributed by atoms with Crippen LogP contribution in [-0.2, 0) is 4.74 Å². The molecule has 0 saturated carbocycles. The first-order valence-electron chi connectivity index (χ1n) is 7.80. The smallest absolute Gasteiger partial charge is 0.340 e. The van der Waals surface area contributed by atoms with Crippen molar-refractivity contribution in [1.82, 2.24) is 9.97 Å². The SMILES string of the molecule is CCOC(=O)c1ccccc1Nc1nccc(N(CC)CC)n1. The standard InChI is InChI=1S/C17H22N4O2/c1-4-21(5-2)15-11-12-18-17(20-15)19-14-10-8-7-9-13(14)16(22)23-6-3/h7-12H,4-6H2,1-3H3,(H,18,19,20). The second kappa shape index (κ2) is 8.12. The molecule has 6 nitrogen and oxygen atoms in total. The molecule has 1 aromatic heterocycles. The third-order valence-electron chi connectivity index (χ3n) is 3.40. The molecule has 23 heavy (non-hydrogen) atoms. The zero-order chi connectivity index (χ0) is 16.7. The number of aromatic nitrogens is 2. The van der Waals surface area contributed by atoms with E-state index in [4.69, 9.17) is 4.74 Å². The number of esters is 1. The van der Waals surface area contributed by atoms with Gasteiger partial charge in [0.2, 0.25) is 5.95 Å². The van der Waals surface area contributed by atoms with Gasteiger partial charge in [0, 0.05) is 19.3 Å². The summed E-state index contributed by atoms with van der Waals surface area (Å²) in [6, 6.07) is 9.04. The molecule has 1 aromatic carbocycles. The van der Waals surface area contributed by atoms with Gasteiger partial charge in [0.15, 0.2) is 0 Å². The van der Waals surface area contributed by atoms with Crippen LogP contribution in [-0.4, -0.2) is 35.6 Å². The van der Waals surface area contributed by atoms with Crippen molar-refractivity contribution in [2.75, 3.05) is 29.9 Å². The Morgan fingerprint density at radius 2 is 1.91 bits per heavy atom. The third-order valence-corrected chi connectivity index (χ3v) is 3.40. The maximum atomic E-state index is 12.0. The predicted octanol–water partition coefficient (Wildman–Crippen LogP) is 3.24. The van der Waals surface area contributed by atoms with E-state index in [0.29, 0.717) is 23.8 Å². The summed E-state index contributed by atoms with van der Waals surface area (Å²) in [6.45, 7) is 8.01. The number of anilines is 3. The van der Waals surface area contributed by atoms with E-state index in [2.05, 4.69) is 34.0 Å². The Kier molecular flexibility index (Phi) is 5.91. The van der Waals surface area contributed by atoms with Gasteiger partial charge in [-0.05, 0) is 39.0 Å². The highest BCUT2D eigenvalue weighted by atomic mass is 16.5. The fourth-order valence-electron chi connectivity index (χ4n) is 2.23. The van der Waals surface area contributed by atoms with Crippen LogP contribution in [0.2, 0.25) is 0 Å². The fourth-order valence-corrected chi connectivity index (χ4v) is 2.23. The summed E-state index contributed by atoms with van der Waals surface area (Å²) >= 11 is 0. The summed E-state index contributed by atoms with van der Waals surface area (Å²) in [7, 11) is 0. The summed E-state index contributed by atoms with van der Waals surface area (Å²) < 4.78 is 5.08. The second-order valence-electron chi connectivity index (χ2n) is 4.80. The quantitative estimate of drug-likeness (QED) is 0.791. The number of benzene rings is 1. The van der Waals surface area contributed by atoms with Crippen LogP contribution in [0, 0.1) is 0 Å². The average Bonchev–Trinajstić information content (AvgIpc) is 2.57. The molecular formula is C17H22N4O2. The van der Waals surface area contributed by atoms with E-state index in [-0.39, 0.29) is 5.97 Å². The van der Waals surface area contributed by atoms with Gasteiger partial charge in [-0.15, -0.1) is 0 Å². The summed E-state index contributed by atoms with van der Waals surface area (Å²) in [5, 5.41) is 3.11. The molecule has 0 aliphatic carbocycles. The van der Waals surface area contributed by atoms with E-state index in [1.807, 2.05) is 12.1 Å². The molecular weight excluding hydrogens is 292 g/mol. The van der Waals surface area contributed by atoms with E-state index in [9.17, 15) is 4.79 Å². The molecule has 1 heterocycles. The largest absolute Gasteiger partial charge is 0.462 e. The topological polar surface area (TPSA) is 67.3 Å². The lowest BCUT2D eigenvalue weighted by atomic mass is 10.2. The van der Waals surface area contributed by atoms with E-state index >= 15 is 0 Å². The Balaban J connectivity index is 2.26. The lowest BCUT2D eigenvalue weighted by Crippen LogP contribution is -2.23. The Morgan fingerprint density at radius 1 is 1.17 bits per heavy atom. The van der Waals surface area contributed by atoms with Crippen molar-refractivity contribution >= 4 is 23.4 Å². The Hall–Kier alpha value is -2.63. The van der Waals surface area contributed by atoms with Crippen molar-refractivity contribution in [2.45, 2.75) is 20.8 Å². The lowest BCUT2D eigenvalue weighted by molar-refractivity contribution is 0.0527. The van der Waals surface area contributed by atoms with Crippen LogP contribution in [0.15, 0.2) is 36.5 Å². The van der Waals surface area contributed by atoms with Crippen LogP contribution >= 0.6 is 0 Å². The minimum atomic E-state index is -0.365. The van der Waals surface area contributed by atoms with Gasteiger partial charge in [0.25, 0.3) is 0 Å². The van der Waals surface area contributed by atoms with Crippen molar-refractivity contribution in [3.05, 3.63) is 42.1 Å². The van der Waals surface area contributed by atoms with Crippen molar-refractivity contribution < 1.29 is 9.53 Å². The first kappa shape index (κ1) is 16.7. The molecule has 0 amide bonds. The number of nitrogens with zero attached hydrogens (tertiary/aromatic N) is 3. The first-order chi connectivity index (χ1) is 11.2. The van der Waals surface area contributed by atoms with Crippen LogP contribution in [0.3, 0.4) is 0 Å². The van der Waals surface area contributed by atoms with E-state index in [1.165, 1.54) is 0 Å². The Labute approximate surface area is 136 Å². The normalized spacial score (nSPS) is 10.2. The second-order valence-corrected chi connectivity index (χ2v) is 4.80. The van der Waals surface area contributed by atoms with Crippen LogP contribution in [0.1, 0.15) is 31.1 Å². The Bertz CT molecular complexity index is 657. The van der Waals surface area contributed by atoms with Gasteiger partial charge in [-0.2, -0.15) is 4.98 Å². The zero-order valence-corrected chi connectivity index (χ0v) is 13.7. The van der Waals surface area contributed by atoms with E-state index in [0.717, 1.165) is 18.9 Å². The third kappa shape index (κ3) is 4.18. The van der Waals surface area contributed by atoms with Crippen molar-refractivity contribution in [2.24, 2.45) is 0 Å². The zero-order valence-electron chi connectivity index (χ0n) is 13.7. The van der Waals surface area contributed by atoms with Gasteiger partial charge in [0.05, 0.1) is 17.9 Å². The summed E-state index contributed by atoms with van der Waals surface area (Å²) in [5.74, 6) is 0.933. The maximum absolute atomic E-state index is 12.0. The van der Waals surface area contributed by atoms with Gasteiger partial charge < -0.3 is 15.0 Å². The summed E-state index contributed by atoms with van der Waals surface area (Å²) in [6.07, 6.45) is 1.70. The molecule has 2 rings (SSSR count). The van der Waals surface area contributed by atoms with E-state index in [1.54, 1.807) is 31.3 Å². The molecule has 0 bridgehead atoms.